The molecule has 1 aromatic heterocycles. The number of fused-ring (bicyclic) bond motifs is 3. The van der Waals surface area contributed by atoms with Gasteiger partial charge in [-0.2, -0.15) is 5.10 Å². The molecule has 0 spiro atoms. The van der Waals surface area contributed by atoms with Gasteiger partial charge in [0.05, 0.1) is 5.69 Å². The van der Waals surface area contributed by atoms with Crippen LogP contribution in [0.3, 0.4) is 0 Å². The molecule has 2 aromatic carbocycles. The summed E-state index contributed by atoms with van der Waals surface area (Å²) in [6.45, 7) is 2.77. The van der Waals surface area contributed by atoms with Crippen LogP contribution in [0.4, 0.5) is 5.69 Å². The number of aromatic nitrogens is 2. The lowest BCUT2D eigenvalue weighted by molar-refractivity contribution is 0.0980. The molecular formula is C20H18ClN3O2. The lowest BCUT2D eigenvalue weighted by Crippen LogP contribution is -2.32. The van der Waals surface area contributed by atoms with E-state index in [1.165, 1.54) is 0 Å². The van der Waals surface area contributed by atoms with Gasteiger partial charge in [-0.3, -0.25) is 9.48 Å². The molecule has 0 atom stereocenters. The van der Waals surface area contributed by atoms with Crippen LogP contribution in [-0.2, 0) is 13.7 Å². The predicted octanol–water partition coefficient (Wildman–Crippen LogP) is 4.30. The van der Waals surface area contributed by atoms with Crippen LogP contribution >= 0.6 is 11.6 Å². The quantitative estimate of drug-likeness (QED) is 0.693. The molecule has 0 fully saturated rings. The molecule has 26 heavy (non-hydrogen) atoms. The van der Waals surface area contributed by atoms with Crippen LogP contribution in [0.2, 0.25) is 5.02 Å². The van der Waals surface area contributed by atoms with Crippen LogP contribution in [0.15, 0.2) is 48.5 Å². The van der Waals surface area contributed by atoms with Gasteiger partial charge >= 0.3 is 0 Å². The van der Waals surface area contributed by atoms with Crippen LogP contribution in [0.1, 0.15) is 23.0 Å². The Morgan fingerprint density at radius 1 is 1.27 bits per heavy atom. The Hall–Kier alpha value is -2.79. The van der Waals surface area contributed by atoms with E-state index in [1.54, 1.807) is 21.7 Å². The smallest absolute Gasteiger partial charge is 0.279 e. The molecule has 2 heterocycles. The summed E-state index contributed by atoms with van der Waals surface area (Å²) >= 11 is 6.09. The zero-order valence-electron chi connectivity index (χ0n) is 14.6. The van der Waals surface area contributed by atoms with Gasteiger partial charge in [0.2, 0.25) is 0 Å². The lowest BCUT2D eigenvalue weighted by Gasteiger charge is -2.22. The zero-order chi connectivity index (χ0) is 18.3. The van der Waals surface area contributed by atoms with Crippen molar-refractivity contribution in [3.63, 3.8) is 0 Å². The second-order valence-corrected chi connectivity index (χ2v) is 6.55. The van der Waals surface area contributed by atoms with Crippen LogP contribution in [0.25, 0.3) is 11.3 Å². The molecule has 4 rings (SSSR count). The first-order valence-electron chi connectivity index (χ1n) is 8.45. The van der Waals surface area contributed by atoms with E-state index < -0.39 is 0 Å². The number of carbonyl (C=O) groups excluding carboxylic acids is 1. The van der Waals surface area contributed by atoms with E-state index in [2.05, 4.69) is 5.10 Å². The Balaban J connectivity index is 1.79. The fraction of sp³-hybridized carbons (Fsp3) is 0.200. The monoisotopic (exact) mass is 367 g/mol. The molecule has 0 saturated carbocycles. The Labute approximate surface area is 156 Å². The van der Waals surface area contributed by atoms with Crippen molar-refractivity contribution in [2.24, 2.45) is 7.05 Å². The number of anilines is 1. The van der Waals surface area contributed by atoms with Crippen molar-refractivity contribution in [1.29, 1.82) is 0 Å². The second kappa shape index (κ2) is 6.50. The molecule has 0 saturated heterocycles. The lowest BCUT2D eigenvalue weighted by atomic mass is 10.0. The van der Waals surface area contributed by atoms with E-state index in [0.717, 1.165) is 28.3 Å². The highest BCUT2D eigenvalue weighted by Gasteiger charge is 2.30. The van der Waals surface area contributed by atoms with Crippen molar-refractivity contribution in [3.05, 3.63) is 64.8 Å². The summed E-state index contributed by atoms with van der Waals surface area (Å²) in [7, 11) is 1.85. The van der Waals surface area contributed by atoms with E-state index in [0.29, 0.717) is 23.9 Å². The average Bonchev–Trinajstić information content (AvgIpc) is 2.99. The summed E-state index contributed by atoms with van der Waals surface area (Å²) in [6.07, 6.45) is 0. The van der Waals surface area contributed by atoms with Gasteiger partial charge in [0, 0.05) is 35.4 Å². The fourth-order valence-electron chi connectivity index (χ4n) is 3.37. The first kappa shape index (κ1) is 16.7. The first-order valence-corrected chi connectivity index (χ1v) is 8.83. The number of benzene rings is 2. The van der Waals surface area contributed by atoms with E-state index in [-0.39, 0.29) is 5.91 Å². The summed E-state index contributed by atoms with van der Waals surface area (Å²) in [5.41, 5.74) is 3.86. The summed E-state index contributed by atoms with van der Waals surface area (Å²) < 4.78 is 7.61. The van der Waals surface area contributed by atoms with Crippen molar-refractivity contribution in [2.75, 3.05) is 11.4 Å². The molecule has 1 aliphatic rings. The fourth-order valence-corrected chi connectivity index (χ4v) is 3.55. The van der Waals surface area contributed by atoms with Crippen molar-refractivity contribution in [1.82, 2.24) is 9.78 Å². The van der Waals surface area contributed by atoms with Gasteiger partial charge in [-0.15, -0.1) is 0 Å². The van der Waals surface area contributed by atoms with E-state index >= 15 is 0 Å². The zero-order valence-corrected chi connectivity index (χ0v) is 15.3. The standard InChI is InChI=1S/C20H18ClN3O2/c1-3-24(14-8-6-7-13(21)11-14)20(25)18-16-12-26-17-10-5-4-9-15(17)19(16)23(2)22-18/h4-11H,3,12H2,1-2H3. The van der Waals surface area contributed by atoms with E-state index in [4.69, 9.17) is 16.3 Å². The third kappa shape index (κ3) is 2.65. The van der Waals surface area contributed by atoms with Crippen molar-refractivity contribution in [3.8, 4) is 17.0 Å². The summed E-state index contributed by atoms with van der Waals surface area (Å²) in [4.78, 5) is 14.9. The first-order chi connectivity index (χ1) is 12.6. The predicted molar refractivity (Wildman–Crippen MR) is 102 cm³/mol. The number of carbonyl (C=O) groups is 1. The maximum Gasteiger partial charge on any atom is 0.279 e. The molecular weight excluding hydrogens is 350 g/mol. The maximum absolute atomic E-state index is 13.2. The largest absolute Gasteiger partial charge is 0.488 e. The molecule has 1 aliphatic heterocycles. The highest BCUT2D eigenvalue weighted by atomic mass is 35.5. The van der Waals surface area contributed by atoms with Crippen molar-refractivity contribution in [2.45, 2.75) is 13.5 Å². The second-order valence-electron chi connectivity index (χ2n) is 6.11. The number of hydrogen-bond acceptors (Lipinski definition) is 3. The molecule has 3 aromatic rings. The third-order valence-corrected chi connectivity index (χ3v) is 4.78. The van der Waals surface area contributed by atoms with Crippen molar-refractivity contribution >= 4 is 23.2 Å². The van der Waals surface area contributed by atoms with Gasteiger partial charge in [-0.1, -0.05) is 29.8 Å². The SMILES string of the molecule is CCN(C(=O)c1nn(C)c2c1COc1ccccc1-2)c1cccc(Cl)c1. The number of amides is 1. The molecule has 0 bridgehead atoms. The number of para-hydroxylation sites is 1. The number of aryl methyl sites for hydroxylation is 1. The Morgan fingerprint density at radius 2 is 2.08 bits per heavy atom. The average molecular weight is 368 g/mol. The third-order valence-electron chi connectivity index (χ3n) is 4.54. The highest BCUT2D eigenvalue weighted by molar-refractivity contribution is 6.31. The van der Waals surface area contributed by atoms with Gasteiger partial charge < -0.3 is 9.64 Å². The van der Waals surface area contributed by atoms with Crippen molar-refractivity contribution < 1.29 is 9.53 Å². The summed E-state index contributed by atoms with van der Waals surface area (Å²) in [6, 6.07) is 15.1. The number of halogens is 1. The molecule has 0 radical (unpaired) electrons. The van der Waals surface area contributed by atoms with Gasteiger partial charge in [0.25, 0.3) is 5.91 Å². The summed E-state index contributed by atoms with van der Waals surface area (Å²) in [5.74, 6) is 0.652. The molecule has 5 nitrogen and oxygen atoms in total. The molecule has 0 N–H and O–H groups in total. The van der Waals surface area contributed by atoms with Crippen LogP contribution in [0.5, 0.6) is 5.75 Å². The Morgan fingerprint density at radius 3 is 2.85 bits per heavy atom. The van der Waals surface area contributed by atoms with Gasteiger partial charge in [0.1, 0.15) is 12.4 Å². The normalized spacial score (nSPS) is 12.1. The molecule has 132 valence electrons. The Kier molecular flexibility index (Phi) is 4.17. The molecule has 0 aliphatic carbocycles. The van der Waals surface area contributed by atoms with Gasteiger partial charge in [-0.05, 0) is 37.3 Å². The van der Waals surface area contributed by atoms with E-state index in [1.807, 2.05) is 50.4 Å². The molecule has 1 amide bonds. The van der Waals surface area contributed by atoms with E-state index in [9.17, 15) is 4.79 Å². The maximum atomic E-state index is 13.2. The number of rotatable bonds is 3. The Bertz CT molecular complexity index is 996. The van der Waals surface area contributed by atoms with Crippen LogP contribution in [-0.4, -0.2) is 22.2 Å². The van der Waals surface area contributed by atoms with Gasteiger partial charge in [-0.25, -0.2) is 0 Å². The van der Waals surface area contributed by atoms with Gasteiger partial charge in [0.15, 0.2) is 5.69 Å². The van der Waals surface area contributed by atoms with Crippen LogP contribution in [0, 0.1) is 0 Å². The minimum absolute atomic E-state index is 0.158. The number of nitrogens with zero attached hydrogens (tertiary/aromatic N) is 3. The highest BCUT2D eigenvalue weighted by Crippen LogP contribution is 2.38. The van der Waals surface area contributed by atoms with Crippen LogP contribution < -0.4 is 9.64 Å². The summed E-state index contributed by atoms with van der Waals surface area (Å²) in [5, 5.41) is 5.11. The molecule has 6 heteroatoms. The topological polar surface area (TPSA) is 47.4 Å². The molecule has 0 unspecified atom stereocenters. The number of hydrogen-bond donors (Lipinski definition) is 0. The minimum atomic E-state index is -0.158. The number of ether oxygens (including phenoxy) is 1. The minimum Gasteiger partial charge on any atom is -0.488 e.